The molecule has 0 aromatic heterocycles. The highest BCUT2D eigenvalue weighted by atomic mass is 16.4. The highest BCUT2D eigenvalue weighted by Crippen LogP contribution is 1.92. The summed E-state index contributed by atoms with van der Waals surface area (Å²) < 4.78 is 0. The Morgan fingerprint density at radius 2 is 2.20 bits per heavy atom. The maximum absolute atomic E-state index is 9.98. The number of aliphatic carboxylic acids is 1. The monoisotopic (exact) mass is 140 g/mol. The Hall–Kier alpha value is -1.05. The fraction of sp³-hybridized carbons (Fsp3) is 0.375. The summed E-state index contributed by atoms with van der Waals surface area (Å²) in [5.41, 5.74) is 0. The van der Waals surface area contributed by atoms with E-state index in [0.717, 1.165) is 6.42 Å². The molecule has 0 saturated heterocycles. The van der Waals surface area contributed by atoms with Crippen LogP contribution < -0.4 is 0 Å². The summed E-state index contributed by atoms with van der Waals surface area (Å²) in [6.07, 6.45) is 7.19. The Balaban J connectivity index is 3.18. The van der Waals surface area contributed by atoms with Gasteiger partial charge in [-0.3, -0.25) is 4.79 Å². The van der Waals surface area contributed by atoms with Crippen LogP contribution in [0.15, 0.2) is 24.8 Å². The summed E-state index contributed by atoms with van der Waals surface area (Å²) in [6, 6.07) is 0. The van der Waals surface area contributed by atoms with Crippen LogP contribution in [0, 0.1) is 0 Å². The highest BCUT2D eigenvalue weighted by molar-refractivity contribution is 5.66. The van der Waals surface area contributed by atoms with Crippen molar-refractivity contribution < 1.29 is 9.90 Å². The largest absolute Gasteiger partial charge is 0.481 e. The Morgan fingerprint density at radius 3 is 2.70 bits per heavy atom. The van der Waals surface area contributed by atoms with Gasteiger partial charge >= 0.3 is 5.97 Å². The van der Waals surface area contributed by atoms with E-state index < -0.39 is 5.97 Å². The molecule has 56 valence electrons. The van der Waals surface area contributed by atoms with E-state index >= 15 is 0 Å². The van der Waals surface area contributed by atoms with Gasteiger partial charge < -0.3 is 5.11 Å². The van der Waals surface area contributed by atoms with Crippen molar-refractivity contribution in [1.29, 1.82) is 0 Å². The molecule has 0 bridgehead atoms. The normalized spacial score (nSPS) is 10.0. The van der Waals surface area contributed by atoms with E-state index in [1.54, 1.807) is 6.08 Å². The third-order valence-corrected chi connectivity index (χ3v) is 0.994. The topological polar surface area (TPSA) is 37.3 Å². The molecule has 0 aromatic carbocycles. The highest BCUT2D eigenvalue weighted by Gasteiger charge is 1.90. The molecule has 0 spiro atoms. The molecule has 0 unspecified atom stereocenters. The number of carboxylic acids is 1. The predicted molar refractivity (Wildman–Crippen MR) is 40.8 cm³/mol. The molecule has 0 fully saturated rings. The van der Waals surface area contributed by atoms with Crippen LogP contribution in [0.3, 0.4) is 0 Å². The van der Waals surface area contributed by atoms with E-state index in [2.05, 4.69) is 6.58 Å². The van der Waals surface area contributed by atoms with Crippen molar-refractivity contribution in [3.63, 3.8) is 0 Å². The van der Waals surface area contributed by atoms with Gasteiger partial charge in [-0.15, -0.1) is 6.58 Å². The molecular weight excluding hydrogens is 128 g/mol. The lowest BCUT2D eigenvalue weighted by Gasteiger charge is -1.85. The lowest BCUT2D eigenvalue weighted by atomic mass is 10.2. The first-order valence-electron chi connectivity index (χ1n) is 3.25. The van der Waals surface area contributed by atoms with Gasteiger partial charge in [-0.25, -0.2) is 0 Å². The minimum atomic E-state index is -0.747. The van der Waals surface area contributed by atoms with Gasteiger partial charge in [-0.05, 0) is 12.8 Å². The van der Waals surface area contributed by atoms with Crippen LogP contribution in [0.1, 0.15) is 19.3 Å². The number of rotatable bonds is 5. The number of carboxylic acid groups (broad SMARTS) is 1. The molecule has 0 atom stereocenters. The molecule has 0 aromatic rings. The number of hydrogen-bond acceptors (Lipinski definition) is 1. The molecule has 0 rings (SSSR count). The van der Waals surface area contributed by atoms with Crippen molar-refractivity contribution in [3.05, 3.63) is 24.8 Å². The van der Waals surface area contributed by atoms with Crippen LogP contribution >= 0.6 is 0 Å². The molecule has 0 aliphatic rings. The first-order valence-corrected chi connectivity index (χ1v) is 3.25. The van der Waals surface area contributed by atoms with Crippen LogP contribution in [-0.2, 0) is 4.79 Å². The Bertz CT molecular complexity index is 136. The zero-order chi connectivity index (χ0) is 7.82. The van der Waals surface area contributed by atoms with Crippen LogP contribution in [-0.4, -0.2) is 11.1 Å². The van der Waals surface area contributed by atoms with E-state index in [-0.39, 0.29) is 6.42 Å². The molecule has 2 heteroatoms. The van der Waals surface area contributed by atoms with Crippen molar-refractivity contribution >= 4 is 5.97 Å². The quantitative estimate of drug-likeness (QED) is 0.593. The van der Waals surface area contributed by atoms with Crippen LogP contribution in [0.2, 0.25) is 0 Å². The zero-order valence-corrected chi connectivity index (χ0v) is 5.92. The Kier molecular flexibility index (Phi) is 5.44. The maximum Gasteiger partial charge on any atom is 0.303 e. The van der Waals surface area contributed by atoms with Crippen LogP contribution in [0.5, 0.6) is 0 Å². The third kappa shape index (κ3) is 6.95. The van der Waals surface area contributed by atoms with Gasteiger partial charge in [0.15, 0.2) is 0 Å². The zero-order valence-electron chi connectivity index (χ0n) is 5.92. The average Bonchev–Trinajstić information content (AvgIpc) is 1.87. The first kappa shape index (κ1) is 8.95. The molecule has 0 aliphatic carbocycles. The molecule has 0 heterocycles. The van der Waals surface area contributed by atoms with Gasteiger partial charge in [0, 0.05) is 6.42 Å². The third-order valence-electron chi connectivity index (χ3n) is 0.994. The molecular formula is C8H12O2. The van der Waals surface area contributed by atoms with Gasteiger partial charge in [-0.2, -0.15) is 0 Å². The van der Waals surface area contributed by atoms with Gasteiger partial charge in [0.1, 0.15) is 0 Å². The molecule has 0 amide bonds. The maximum atomic E-state index is 9.98. The Labute approximate surface area is 60.9 Å². The summed E-state index contributed by atoms with van der Waals surface area (Å²) in [7, 11) is 0. The average molecular weight is 140 g/mol. The Morgan fingerprint density at radius 1 is 1.50 bits per heavy atom. The summed E-state index contributed by atoms with van der Waals surface area (Å²) >= 11 is 0. The van der Waals surface area contributed by atoms with Crippen LogP contribution in [0.25, 0.3) is 0 Å². The van der Waals surface area contributed by atoms with E-state index in [4.69, 9.17) is 5.11 Å². The second-order valence-corrected chi connectivity index (χ2v) is 1.93. The van der Waals surface area contributed by atoms with E-state index in [9.17, 15) is 4.79 Å². The fourth-order valence-electron chi connectivity index (χ4n) is 0.517. The van der Waals surface area contributed by atoms with E-state index in [1.165, 1.54) is 0 Å². The van der Waals surface area contributed by atoms with Gasteiger partial charge in [0.2, 0.25) is 0 Å². The molecule has 2 nitrogen and oxygen atoms in total. The van der Waals surface area contributed by atoms with Gasteiger partial charge in [0.05, 0.1) is 0 Å². The lowest BCUT2D eigenvalue weighted by Crippen LogP contribution is -1.91. The molecule has 0 saturated carbocycles. The summed E-state index contributed by atoms with van der Waals surface area (Å²) in [5, 5.41) is 8.22. The van der Waals surface area contributed by atoms with Crippen molar-refractivity contribution in [2.24, 2.45) is 0 Å². The molecule has 1 N–H and O–H groups in total. The molecule has 0 aliphatic heterocycles. The van der Waals surface area contributed by atoms with Crippen molar-refractivity contribution in [3.8, 4) is 0 Å². The summed E-state index contributed by atoms with van der Waals surface area (Å²) in [6.45, 7) is 3.53. The second-order valence-electron chi connectivity index (χ2n) is 1.93. The second kappa shape index (κ2) is 6.08. The smallest absolute Gasteiger partial charge is 0.303 e. The summed E-state index contributed by atoms with van der Waals surface area (Å²) in [4.78, 5) is 9.98. The summed E-state index contributed by atoms with van der Waals surface area (Å²) in [5.74, 6) is -0.747. The van der Waals surface area contributed by atoms with E-state index in [1.807, 2.05) is 12.2 Å². The number of hydrogen-bond donors (Lipinski definition) is 1. The van der Waals surface area contributed by atoms with Crippen molar-refractivity contribution in [1.82, 2.24) is 0 Å². The van der Waals surface area contributed by atoms with Crippen molar-refractivity contribution in [2.75, 3.05) is 0 Å². The lowest BCUT2D eigenvalue weighted by molar-refractivity contribution is -0.136. The minimum absolute atomic E-state index is 0.216. The first-order chi connectivity index (χ1) is 4.77. The number of allylic oxidation sites excluding steroid dienone is 3. The SMILES string of the molecule is C=CC/C=C\CCC(=O)O. The fourth-order valence-corrected chi connectivity index (χ4v) is 0.517. The standard InChI is InChI=1S/C8H12O2/c1-2-3-4-5-6-7-8(9)10/h2,4-5H,1,3,6-7H2,(H,9,10)/b5-4-. The molecule has 10 heavy (non-hydrogen) atoms. The predicted octanol–water partition coefficient (Wildman–Crippen LogP) is 1.98. The van der Waals surface area contributed by atoms with E-state index in [0.29, 0.717) is 6.42 Å². The molecule has 0 radical (unpaired) electrons. The van der Waals surface area contributed by atoms with Gasteiger partial charge in [0.25, 0.3) is 0 Å². The van der Waals surface area contributed by atoms with Crippen LogP contribution in [0.4, 0.5) is 0 Å². The number of carbonyl (C=O) groups is 1. The minimum Gasteiger partial charge on any atom is -0.481 e. The van der Waals surface area contributed by atoms with Gasteiger partial charge in [-0.1, -0.05) is 18.2 Å². The van der Waals surface area contributed by atoms with Crippen molar-refractivity contribution in [2.45, 2.75) is 19.3 Å².